The van der Waals surface area contributed by atoms with Crippen LogP contribution in [0.3, 0.4) is 0 Å². The summed E-state index contributed by atoms with van der Waals surface area (Å²) in [6, 6.07) is 23.0. The molecule has 0 radical (unpaired) electrons. The number of ether oxygens (including phenoxy) is 4. The van der Waals surface area contributed by atoms with Crippen molar-refractivity contribution in [2.45, 2.75) is 58.6 Å². The number of alkyl carbamates (subject to hydrolysis) is 1. The number of hydrogen-bond donors (Lipinski definition) is 1. The van der Waals surface area contributed by atoms with Crippen molar-refractivity contribution in [3.63, 3.8) is 0 Å². The summed E-state index contributed by atoms with van der Waals surface area (Å²) < 4.78 is 21.8. The highest BCUT2D eigenvalue weighted by Crippen LogP contribution is 2.30. The fourth-order valence-electron chi connectivity index (χ4n) is 3.96. The van der Waals surface area contributed by atoms with E-state index >= 15 is 0 Å². The normalized spacial score (nSPS) is 11.4. The van der Waals surface area contributed by atoms with Crippen LogP contribution in [-0.2, 0) is 30.2 Å². The van der Waals surface area contributed by atoms with Crippen LogP contribution in [0.4, 0.5) is 4.79 Å². The molecule has 9 heteroatoms. The first kappa shape index (κ1) is 31.5. The topological polar surface area (TPSA) is 100 Å². The zero-order valence-electron chi connectivity index (χ0n) is 24.0. The van der Waals surface area contributed by atoms with Crippen molar-refractivity contribution in [1.29, 1.82) is 0 Å². The van der Waals surface area contributed by atoms with Crippen LogP contribution in [0.1, 0.15) is 46.6 Å². The summed E-state index contributed by atoms with van der Waals surface area (Å²) in [5, 5.41) is 3.30. The minimum atomic E-state index is -1.24. The molecule has 1 N–H and O–H groups in total. The minimum absolute atomic E-state index is 0.220. The fraction of sp³-hybridized carbons (Fsp3) is 0.344. The van der Waals surface area contributed by atoms with Gasteiger partial charge in [-0.25, -0.2) is 4.79 Å². The Kier molecular flexibility index (Phi) is 10.8. The van der Waals surface area contributed by atoms with Gasteiger partial charge in [0.1, 0.15) is 35.9 Å². The molecule has 0 aliphatic heterocycles. The maximum atomic E-state index is 12.7. The maximum Gasteiger partial charge on any atom is 0.408 e. The van der Waals surface area contributed by atoms with E-state index in [1.54, 1.807) is 20.8 Å². The van der Waals surface area contributed by atoms with Crippen LogP contribution in [0.25, 0.3) is 11.1 Å². The van der Waals surface area contributed by atoms with E-state index in [0.717, 1.165) is 28.2 Å². The van der Waals surface area contributed by atoms with E-state index in [4.69, 9.17) is 30.5 Å². The molecule has 0 fully saturated rings. The van der Waals surface area contributed by atoms with Gasteiger partial charge in [-0.15, -0.1) is 0 Å². The Labute approximate surface area is 245 Å². The highest BCUT2D eigenvalue weighted by atomic mass is 35.5. The second-order valence-corrected chi connectivity index (χ2v) is 11.1. The first-order valence-corrected chi connectivity index (χ1v) is 13.6. The highest BCUT2D eigenvalue weighted by Gasteiger charge is 2.36. The van der Waals surface area contributed by atoms with Gasteiger partial charge in [0.25, 0.3) is 0 Å². The van der Waals surface area contributed by atoms with E-state index in [1.165, 1.54) is 13.8 Å². The Morgan fingerprint density at radius 1 is 0.780 bits per heavy atom. The van der Waals surface area contributed by atoms with Gasteiger partial charge in [-0.2, -0.15) is 0 Å². The molecule has 3 aromatic rings. The van der Waals surface area contributed by atoms with Crippen molar-refractivity contribution in [2.24, 2.45) is 0 Å². The number of benzene rings is 3. The molecule has 0 aliphatic carbocycles. The third-order valence-corrected chi connectivity index (χ3v) is 6.31. The van der Waals surface area contributed by atoms with Crippen LogP contribution in [-0.4, -0.2) is 42.4 Å². The molecule has 218 valence electrons. The van der Waals surface area contributed by atoms with Crippen molar-refractivity contribution in [3.05, 3.63) is 83.4 Å². The smallest absolute Gasteiger partial charge is 0.408 e. The number of aryl methyl sites for hydroxylation is 1. The summed E-state index contributed by atoms with van der Waals surface area (Å²) in [5.41, 5.74) is 0.688. The van der Waals surface area contributed by atoms with Gasteiger partial charge < -0.3 is 24.3 Å². The van der Waals surface area contributed by atoms with E-state index in [9.17, 15) is 14.4 Å². The Bertz CT molecular complexity index is 1320. The zero-order chi connectivity index (χ0) is 30.0. The summed E-state index contributed by atoms with van der Waals surface area (Å²) in [7, 11) is 0. The zero-order valence-corrected chi connectivity index (χ0v) is 24.7. The van der Waals surface area contributed by atoms with Crippen LogP contribution in [0.2, 0.25) is 5.02 Å². The lowest BCUT2D eigenvalue weighted by Crippen LogP contribution is -2.57. The third-order valence-electron chi connectivity index (χ3n) is 5.96. The van der Waals surface area contributed by atoms with Crippen LogP contribution in [0.15, 0.2) is 72.8 Å². The first-order valence-electron chi connectivity index (χ1n) is 13.2. The summed E-state index contributed by atoms with van der Waals surface area (Å²) in [5.74, 6) is 0.404. The fourth-order valence-corrected chi connectivity index (χ4v) is 4.24. The molecule has 3 rings (SSSR count). The Hall–Kier alpha value is -4.04. The van der Waals surface area contributed by atoms with Gasteiger partial charge in [0.2, 0.25) is 0 Å². The molecule has 0 spiro atoms. The molecular weight excluding hydrogens is 546 g/mol. The number of para-hydroxylation sites is 1. The molecule has 0 atom stereocenters. The number of amides is 1. The summed E-state index contributed by atoms with van der Waals surface area (Å²) in [4.78, 5) is 36.0. The lowest BCUT2D eigenvalue weighted by molar-refractivity contribution is -0.148. The van der Waals surface area contributed by atoms with Gasteiger partial charge >= 0.3 is 18.0 Å². The van der Waals surface area contributed by atoms with Crippen molar-refractivity contribution >= 4 is 29.6 Å². The molecule has 41 heavy (non-hydrogen) atoms. The van der Waals surface area contributed by atoms with Crippen molar-refractivity contribution in [1.82, 2.24) is 5.32 Å². The van der Waals surface area contributed by atoms with E-state index in [0.29, 0.717) is 11.4 Å². The van der Waals surface area contributed by atoms with Gasteiger partial charge in [0.15, 0.2) is 0 Å². The van der Waals surface area contributed by atoms with Gasteiger partial charge in [-0.1, -0.05) is 54.1 Å². The first-order chi connectivity index (χ1) is 19.3. The lowest BCUT2D eigenvalue weighted by Gasteiger charge is -2.34. The molecule has 1 amide bonds. The quantitative estimate of drug-likeness (QED) is 0.190. The molecule has 0 heterocycles. The number of esters is 2. The van der Waals surface area contributed by atoms with Gasteiger partial charge in [0.05, 0.1) is 0 Å². The number of carbonyl (C=O) groups excluding carboxylic acids is 3. The molecule has 0 unspecified atom stereocenters. The van der Waals surface area contributed by atoms with Gasteiger partial charge in [0, 0.05) is 18.9 Å². The Morgan fingerprint density at radius 3 is 1.88 bits per heavy atom. The van der Waals surface area contributed by atoms with Crippen LogP contribution < -0.4 is 10.1 Å². The average molecular weight is 582 g/mol. The Balaban J connectivity index is 1.77. The number of hydrogen-bond acceptors (Lipinski definition) is 7. The van der Waals surface area contributed by atoms with E-state index in [-0.39, 0.29) is 19.6 Å². The number of rotatable bonds is 11. The molecule has 0 saturated carbocycles. The predicted molar refractivity (Wildman–Crippen MR) is 157 cm³/mol. The minimum Gasteiger partial charge on any atom is -0.463 e. The molecule has 0 bridgehead atoms. The average Bonchev–Trinajstić information content (AvgIpc) is 2.90. The number of halogens is 1. The molecule has 0 aromatic heterocycles. The summed E-state index contributed by atoms with van der Waals surface area (Å²) >= 11 is 6.69. The van der Waals surface area contributed by atoms with E-state index in [1.807, 2.05) is 72.8 Å². The largest absolute Gasteiger partial charge is 0.463 e. The van der Waals surface area contributed by atoms with Gasteiger partial charge in [-0.05, 0) is 80.6 Å². The van der Waals surface area contributed by atoms with E-state index in [2.05, 4.69) is 5.32 Å². The van der Waals surface area contributed by atoms with Crippen molar-refractivity contribution in [3.8, 4) is 22.6 Å². The second kappa shape index (κ2) is 14.0. The number of nitrogens with one attached hydrogen (secondary N) is 1. The molecule has 0 aliphatic rings. The van der Waals surface area contributed by atoms with Crippen LogP contribution in [0.5, 0.6) is 11.5 Å². The highest BCUT2D eigenvalue weighted by molar-refractivity contribution is 6.31. The predicted octanol–water partition coefficient (Wildman–Crippen LogP) is 7.12. The van der Waals surface area contributed by atoms with Crippen LogP contribution >= 0.6 is 11.6 Å². The standard InChI is InChI=1S/C32H36ClNO7/c1-22(35)38-20-32(21-39-23(2)36,34-30(37)41-31(3,4)5)18-17-25-11-12-26(19-29(25)33)24-13-15-28(16-14-24)40-27-9-7-6-8-10-27/h6-16,19H,17-18,20-21H2,1-5H3,(H,34,37). The maximum absolute atomic E-state index is 12.7. The molecular formula is C32H36ClNO7. The molecule has 0 saturated heterocycles. The lowest BCUT2D eigenvalue weighted by atomic mass is 9.91. The van der Waals surface area contributed by atoms with E-state index < -0.39 is 29.2 Å². The molecule has 8 nitrogen and oxygen atoms in total. The van der Waals surface area contributed by atoms with Crippen molar-refractivity contribution < 1.29 is 33.3 Å². The number of carbonyl (C=O) groups is 3. The SMILES string of the molecule is CC(=O)OCC(CCc1ccc(-c2ccc(Oc3ccccc3)cc2)cc1Cl)(COC(C)=O)NC(=O)OC(C)(C)C. The third kappa shape index (κ3) is 10.5. The molecule has 3 aromatic carbocycles. The van der Waals surface area contributed by atoms with Crippen LogP contribution in [0, 0.1) is 0 Å². The monoisotopic (exact) mass is 581 g/mol. The Morgan fingerprint density at radius 2 is 1.34 bits per heavy atom. The van der Waals surface area contributed by atoms with Gasteiger partial charge in [-0.3, -0.25) is 9.59 Å². The summed E-state index contributed by atoms with van der Waals surface area (Å²) in [6.45, 7) is 7.29. The summed E-state index contributed by atoms with van der Waals surface area (Å²) in [6.07, 6.45) is -0.0865. The second-order valence-electron chi connectivity index (χ2n) is 10.7. The van der Waals surface area contributed by atoms with Crippen molar-refractivity contribution in [2.75, 3.05) is 13.2 Å².